The Morgan fingerprint density at radius 2 is 2.21 bits per heavy atom. The minimum Gasteiger partial charge on any atom is -0.469 e. The normalized spacial score (nSPS) is 22.1. The quantitative estimate of drug-likeness (QED) is 0.598. The van der Waals surface area contributed by atoms with Crippen LogP contribution >= 0.6 is 0 Å². The molecule has 5 heteroatoms. The van der Waals surface area contributed by atoms with Crippen molar-refractivity contribution in [3.63, 3.8) is 0 Å². The molecule has 1 aromatic heterocycles. The smallest absolute Gasteiger partial charge is 0.105 e. The summed E-state index contributed by atoms with van der Waals surface area (Å²) in [5.74, 6) is 6.78. The first kappa shape index (κ1) is 14.5. The maximum atomic E-state index is 5.81. The van der Waals surface area contributed by atoms with Gasteiger partial charge in [0.2, 0.25) is 0 Å². The topological polar surface area (TPSA) is 63.7 Å². The van der Waals surface area contributed by atoms with Crippen molar-refractivity contribution in [1.29, 1.82) is 0 Å². The molecule has 19 heavy (non-hydrogen) atoms. The molecule has 3 N–H and O–H groups in total. The summed E-state index contributed by atoms with van der Waals surface area (Å²) < 4.78 is 10.9. The molecule has 0 amide bonds. The van der Waals surface area contributed by atoms with Gasteiger partial charge in [0.15, 0.2) is 0 Å². The van der Waals surface area contributed by atoms with Crippen LogP contribution in [0.2, 0.25) is 0 Å². The van der Waals surface area contributed by atoms with E-state index < -0.39 is 0 Å². The maximum Gasteiger partial charge on any atom is 0.105 e. The SMILES string of the molecule is CCC(C)(C(Cc1ccco1)NN)N1CCOCC1. The Hall–Kier alpha value is -0.880. The number of furan rings is 1. The first-order valence-corrected chi connectivity index (χ1v) is 7.02. The van der Waals surface area contributed by atoms with Crippen LogP contribution in [0, 0.1) is 0 Å². The number of nitrogens with zero attached hydrogens (tertiary/aromatic N) is 1. The Kier molecular flexibility index (Phi) is 4.99. The summed E-state index contributed by atoms with van der Waals surface area (Å²) in [5.41, 5.74) is 2.99. The van der Waals surface area contributed by atoms with Crippen LogP contribution in [0.1, 0.15) is 26.0 Å². The average Bonchev–Trinajstić information content (AvgIpc) is 2.98. The molecule has 1 aliphatic rings. The second-order valence-corrected chi connectivity index (χ2v) is 5.31. The summed E-state index contributed by atoms with van der Waals surface area (Å²) in [6.07, 6.45) is 3.54. The number of rotatable bonds is 6. The van der Waals surface area contributed by atoms with Gasteiger partial charge in [-0.05, 0) is 25.5 Å². The maximum absolute atomic E-state index is 5.81. The number of hydrogen-bond acceptors (Lipinski definition) is 5. The molecule has 0 bridgehead atoms. The van der Waals surface area contributed by atoms with Crippen molar-refractivity contribution >= 4 is 0 Å². The summed E-state index contributed by atoms with van der Waals surface area (Å²) in [7, 11) is 0. The first-order chi connectivity index (χ1) is 9.20. The van der Waals surface area contributed by atoms with Crippen molar-refractivity contribution < 1.29 is 9.15 Å². The minimum absolute atomic E-state index is 0.00528. The van der Waals surface area contributed by atoms with Crippen LogP contribution in [0.3, 0.4) is 0 Å². The largest absolute Gasteiger partial charge is 0.469 e. The molecule has 2 atom stereocenters. The Balaban J connectivity index is 2.11. The summed E-state index contributed by atoms with van der Waals surface area (Å²) in [5, 5.41) is 0. The molecule has 1 aliphatic heterocycles. The van der Waals surface area contributed by atoms with Crippen LogP contribution in [0.25, 0.3) is 0 Å². The fourth-order valence-corrected chi connectivity index (χ4v) is 2.85. The van der Waals surface area contributed by atoms with E-state index in [4.69, 9.17) is 15.0 Å². The van der Waals surface area contributed by atoms with Gasteiger partial charge in [0.1, 0.15) is 5.76 Å². The van der Waals surface area contributed by atoms with E-state index in [9.17, 15) is 0 Å². The highest BCUT2D eigenvalue weighted by Crippen LogP contribution is 2.27. The fraction of sp³-hybridized carbons (Fsp3) is 0.714. The Morgan fingerprint density at radius 3 is 2.74 bits per heavy atom. The number of ether oxygens (including phenoxy) is 1. The van der Waals surface area contributed by atoms with Gasteiger partial charge in [-0.1, -0.05) is 6.92 Å². The Labute approximate surface area is 115 Å². The van der Waals surface area contributed by atoms with Gasteiger partial charge < -0.3 is 9.15 Å². The van der Waals surface area contributed by atoms with Crippen LogP contribution in [0.4, 0.5) is 0 Å². The minimum atomic E-state index is 0.00528. The third-order valence-corrected chi connectivity index (χ3v) is 4.39. The third kappa shape index (κ3) is 3.17. The van der Waals surface area contributed by atoms with Gasteiger partial charge in [-0.25, -0.2) is 0 Å². The van der Waals surface area contributed by atoms with Gasteiger partial charge in [-0.3, -0.25) is 16.2 Å². The lowest BCUT2D eigenvalue weighted by Crippen LogP contribution is -2.63. The van der Waals surface area contributed by atoms with E-state index in [-0.39, 0.29) is 11.6 Å². The predicted molar refractivity (Wildman–Crippen MR) is 74.6 cm³/mol. The lowest BCUT2D eigenvalue weighted by Gasteiger charge is -2.47. The molecule has 5 nitrogen and oxygen atoms in total. The zero-order chi connectivity index (χ0) is 13.7. The van der Waals surface area contributed by atoms with E-state index >= 15 is 0 Å². The van der Waals surface area contributed by atoms with Gasteiger partial charge >= 0.3 is 0 Å². The molecule has 0 radical (unpaired) electrons. The van der Waals surface area contributed by atoms with Crippen molar-refractivity contribution in [3.05, 3.63) is 24.2 Å². The first-order valence-electron chi connectivity index (χ1n) is 7.02. The van der Waals surface area contributed by atoms with Crippen molar-refractivity contribution in [2.24, 2.45) is 5.84 Å². The molecule has 1 saturated heterocycles. The molecule has 2 unspecified atom stereocenters. The van der Waals surface area contributed by atoms with Crippen molar-refractivity contribution in [2.45, 2.75) is 38.3 Å². The summed E-state index contributed by atoms with van der Waals surface area (Å²) in [4.78, 5) is 2.48. The van der Waals surface area contributed by atoms with Crippen molar-refractivity contribution in [1.82, 2.24) is 10.3 Å². The molecular weight excluding hydrogens is 242 g/mol. The molecule has 1 fully saturated rings. The number of hydrogen-bond donors (Lipinski definition) is 2. The molecule has 108 valence electrons. The van der Waals surface area contributed by atoms with Crippen LogP contribution in [-0.2, 0) is 11.2 Å². The summed E-state index contributed by atoms with van der Waals surface area (Å²) in [6.45, 7) is 8.00. The zero-order valence-electron chi connectivity index (χ0n) is 11.9. The highest BCUT2D eigenvalue weighted by molar-refractivity contribution is 5.06. The Morgan fingerprint density at radius 1 is 1.47 bits per heavy atom. The molecule has 0 aliphatic carbocycles. The summed E-state index contributed by atoms with van der Waals surface area (Å²) >= 11 is 0. The monoisotopic (exact) mass is 267 g/mol. The lowest BCUT2D eigenvalue weighted by molar-refractivity contribution is -0.0328. The van der Waals surface area contributed by atoms with Crippen LogP contribution in [0.15, 0.2) is 22.8 Å². The molecular formula is C14H25N3O2. The van der Waals surface area contributed by atoms with Crippen molar-refractivity contribution in [2.75, 3.05) is 26.3 Å². The zero-order valence-corrected chi connectivity index (χ0v) is 11.9. The molecule has 0 saturated carbocycles. The van der Waals surface area contributed by atoms with Crippen LogP contribution in [-0.4, -0.2) is 42.8 Å². The molecule has 2 heterocycles. The predicted octanol–water partition coefficient (Wildman–Crippen LogP) is 1.15. The molecule has 2 rings (SSSR count). The van der Waals surface area contributed by atoms with Crippen molar-refractivity contribution in [3.8, 4) is 0 Å². The van der Waals surface area contributed by atoms with Gasteiger partial charge in [0.05, 0.1) is 19.5 Å². The van der Waals surface area contributed by atoms with E-state index in [0.29, 0.717) is 0 Å². The molecule has 0 aromatic carbocycles. The number of nitrogens with two attached hydrogens (primary N) is 1. The van der Waals surface area contributed by atoms with E-state index in [2.05, 4.69) is 24.2 Å². The van der Waals surface area contributed by atoms with E-state index in [1.165, 1.54) is 0 Å². The standard InChI is InChI=1S/C14H25N3O2/c1-3-14(2,17-6-9-18-10-7-17)13(16-15)11-12-5-4-8-19-12/h4-5,8,13,16H,3,6-7,9-11,15H2,1-2H3. The Bertz CT molecular complexity index is 363. The fourth-order valence-electron chi connectivity index (χ4n) is 2.85. The number of morpholine rings is 1. The van der Waals surface area contributed by atoms with Gasteiger partial charge in [-0.2, -0.15) is 0 Å². The number of hydrazine groups is 1. The van der Waals surface area contributed by atoms with Crippen LogP contribution < -0.4 is 11.3 Å². The van der Waals surface area contributed by atoms with Gasteiger partial charge in [-0.15, -0.1) is 0 Å². The summed E-state index contributed by atoms with van der Waals surface area (Å²) in [6, 6.07) is 4.07. The van der Waals surface area contributed by atoms with Gasteiger partial charge in [0, 0.05) is 31.1 Å². The second kappa shape index (κ2) is 6.52. The average molecular weight is 267 g/mol. The van der Waals surface area contributed by atoms with Crippen LogP contribution in [0.5, 0.6) is 0 Å². The van der Waals surface area contributed by atoms with E-state index in [1.54, 1.807) is 6.26 Å². The number of nitrogens with one attached hydrogen (secondary N) is 1. The molecule has 1 aromatic rings. The third-order valence-electron chi connectivity index (χ3n) is 4.39. The lowest BCUT2D eigenvalue weighted by atomic mass is 9.84. The van der Waals surface area contributed by atoms with Gasteiger partial charge in [0.25, 0.3) is 0 Å². The molecule has 0 spiro atoms. The highest BCUT2D eigenvalue weighted by atomic mass is 16.5. The van der Waals surface area contributed by atoms with E-state index in [1.807, 2.05) is 12.1 Å². The second-order valence-electron chi connectivity index (χ2n) is 5.31. The highest BCUT2D eigenvalue weighted by Gasteiger charge is 2.38. The van der Waals surface area contributed by atoms with E-state index in [0.717, 1.165) is 44.9 Å².